The van der Waals surface area contributed by atoms with E-state index >= 15 is 0 Å². The largest absolute Gasteiger partial charge is 0.395 e. The highest BCUT2D eigenvalue weighted by Gasteiger charge is 2.14. The maximum absolute atomic E-state index is 9.10. The minimum absolute atomic E-state index is 0.0355. The summed E-state index contributed by atoms with van der Waals surface area (Å²) in [7, 11) is 0. The first-order valence-electron chi connectivity index (χ1n) is 12.9. The number of benzene rings is 3. The SMILES string of the molecule is Cc1c(-c2ccc(CNCCO)cc2)cccc1-c1cccc(-c2ccn3c(NCCO)nnc3c2)c1C. The molecule has 4 N–H and O–H groups in total. The maximum atomic E-state index is 9.10. The summed E-state index contributed by atoms with van der Waals surface area (Å²) >= 11 is 0. The van der Waals surface area contributed by atoms with Crippen molar-refractivity contribution < 1.29 is 10.2 Å². The minimum atomic E-state index is 0.0355. The average molecular weight is 508 g/mol. The van der Waals surface area contributed by atoms with Crippen molar-refractivity contribution in [1.29, 1.82) is 0 Å². The van der Waals surface area contributed by atoms with Crippen LogP contribution in [-0.2, 0) is 6.54 Å². The molecule has 5 aromatic rings. The van der Waals surface area contributed by atoms with Crippen molar-refractivity contribution in [2.24, 2.45) is 0 Å². The van der Waals surface area contributed by atoms with Crippen LogP contribution in [0.1, 0.15) is 16.7 Å². The van der Waals surface area contributed by atoms with Crippen LogP contribution in [0.15, 0.2) is 79.0 Å². The van der Waals surface area contributed by atoms with Crippen LogP contribution < -0.4 is 10.6 Å². The molecule has 0 saturated carbocycles. The number of pyridine rings is 1. The van der Waals surface area contributed by atoms with E-state index in [-0.39, 0.29) is 13.2 Å². The average Bonchev–Trinajstić information content (AvgIpc) is 3.35. The minimum Gasteiger partial charge on any atom is -0.395 e. The number of rotatable bonds is 10. The zero-order valence-corrected chi connectivity index (χ0v) is 21.8. The Balaban J connectivity index is 1.47. The summed E-state index contributed by atoms with van der Waals surface area (Å²) < 4.78 is 1.89. The summed E-state index contributed by atoms with van der Waals surface area (Å²) in [5.41, 5.74) is 11.5. The molecule has 0 aliphatic carbocycles. The number of nitrogens with zero attached hydrogens (tertiary/aromatic N) is 3. The topological polar surface area (TPSA) is 94.7 Å². The molecule has 0 amide bonds. The summed E-state index contributed by atoms with van der Waals surface area (Å²) in [6.07, 6.45) is 1.96. The molecule has 0 aliphatic rings. The fourth-order valence-electron chi connectivity index (χ4n) is 4.94. The molecule has 0 fully saturated rings. The van der Waals surface area contributed by atoms with E-state index in [2.05, 4.69) is 101 Å². The number of fused-ring (bicyclic) bond motifs is 1. The number of hydrogen-bond donors (Lipinski definition) is 4. The van der Waals surface area contributed by atoms with E-state index in [0.29, 0.717) is 19.0 Å². The number of aliphatic hydroxyl groups excluding tert-OH is 2. The van der Waals surface area contributed by atoms with Crippen molar-refractivity contribution in [2.45, 2.75) is 20.4 Å². The lowest BCUT2D eigenvalue weighted by Crippen LogP contribution is -2.17. The molecule has 0 radical (unpaired) electrons. The van der Waals surface area contributed by atoms with Crippen molar-refractivity contribution in [3.05, 3.63) is 95.7 Å². The van der Waals surface area contributed by atoms with Crippen molar-refractivity contribution in [2.75, 3.05) is 31.6 Å². The fraction of sp³-hybridized carbons (Fsp3) is 0.226. The van der Waals surface area contributed by atoms with E-state index < -0.39 is 0 Å². The Morgan fingerprint density at radius 2 is 1.34 bits per heavy atom. The summed E-state index contributed by atoms with van der Waals surface area (Å²) in [4.78, 5) is 0. The van der Waals surface area contributed by atoms with E-state index in [9.17, 15) is 0 Å². The third-order valence-corrected chi connectivity index (χ3v) is 6.96. The summed E-state index contributed by atoms with van der Waals surface area (Å²) in [5.74, 6) is 0.618. The molecule has 194 valence electrons. The number of anilines is 1. The predicted molar refractivity (Wildman–Crippen MR) is 153 cm³/mol. The van der Waals surface area contributed by atoms with Crippen molar-refractivity contribution in [1.82, 2.24) is 19.9 Å². The Morgan fingerprint density at radius 3 is 2.00 bits per heavy atom. The van der Waals surface area contributed by atoms with Gasteiger partial charge in [0.15, 0.2) is 5.65 Å². The van der Waals surface area contributed by atoms with Gasteiger partial charge < -0.3 is 20.8 Å². The highest BCUT2D eigenvalue weighted by atomic mass is 16.3. The van der Waals surface area contributed by atoms with Gasteiger partial charge in [-0.05, 0) is 76.1 Å². The lowest BCUT2D eigenvalue weighted by molar-refractivity contribution is 0.292. The fourth-order valence-corrected chi connectivity index (χ4v) is 4.94. The maximum Gasteiger partial charge on any atom is 0.229 e. The highest BCUT2D eigenvalue weighted by Crippen LogP contribution is 2.37. The molecule has 38 heavy (non-hydrogen) atoms. The van der Waals surface area contributed by atoms with Gasteiger partial charge in [0.25, 0.3) is 0 Å². The zero-order valence-electron chi connectivity index (χ0n) is 21.8. The van der Waals surface area contributed by atoms with E-state index in [1.165, 1.54) is 38.9 Å². The third kappa shape index (κ3) is 5.17. The Hall–Kier alpha value is -4.04. The first kappa shape index (κ1) is 25.6. The van der Waals surface area contributed by atoms with Gasteiger partial charge in [-0.2, -0.15) is 0 Å². The van der Waals surface area contributed by atoms with E-state index in [4.69, 9.17) is 10.2 Å². The van der Waals surface area contributed by atoms with Crippen LogP contribution in [0.5, 0.6) is 0 Å². The molecule has 0 saturated heterocycles. The van der Waals surface area contributed by atoms with Crippen LogP contribution in [0.2, 0.25) is 0 Å². The van der Waals surface area contributed by atoms with Crippen LogP contribution in [0.4, 0.5) is 5.95 Å². The lowest BCUT2D eigenvalue weighted by atomic mass is 9.88. The first-order valence-corrected chi connectivity index (χ1v) is 12.9. The standard InChI is InChI=1S/C31H33N5O2/c1-21-26(24-11-9-23(10-12-24)20-32-14-17-37)5-3-7-28(21)29-8-4-6-27(22(29)2)25-13-16-36-30(19-25)34-35-31(36)33-15-18-38/h3-13,16,19,32,37-38H,14-15,17-18,20H2,1-2H3,(H,33,35). The first-order chi connectivity index (χ1) is 18.6. The Bertz CT molecular complexity index is 1540. The molecule has 2 aromatic heterocycles. The molecular weight excluding hydrogens is 474 g/mol. The molecule has 7 nitrogen and oxygen atoms in total. The van der Waals surface area contributed by atoms with Gasteiger partial charge >= 0.3 is 0 Å². The van der Waals surface area contributed by atoms with Gasteiger partial charge in [-0.15, -0.1) is 10.2 Å². The van der Waals surface area contributed by atoms with Crippen LogP contribution in [0.3, 0.4) is 0 Å². The van der Waals surface area contributed by atoms with Crippen LogP contribution in [-0.4, -0.2) is 51.1 Å². The number of aliphatic hydroxyl groups is 2. The highest BCUT2D eigenvalue weighted by molar-refractivity contribution is 5.84. The third-order valence-electron chi connectivity index (χ3n) is 6.96. The number of hydrogen-bond acceptors (Lipinski definition) is 6. The Labute approximate surface area is 222 Å². The van der Waals surface area contributed by atoms with Crippen molar-refractivity contribution in [3.8, 4) is 33.4 Å². The Kier molecular flexibility index (Phi) is 7.79. The van der Waals surface area contributed by atoms with Gasteiger partial charge in [0.05, 0.1) is 13.2 Å². The van der Waals surface area contributed by atoms with Crippen molar-refractivity contribution >= 4 is 11.6 Å². The summed E-state index contributed by atoms with van der Waals surface area (Å²) in [6, 6.07) is 25.7. The smallest absolute Gasteiger partial charge is 0.229 e. The van der Waals surface area contributed by atoms with E-state index in [1.807, 2.05) is 16.7 Å². The molecule has 3 aromatic carbocycles. The van der Waals surface area contributed by atoms with E-state index in [0.717, 1.165) is 23.3 Å². The molecule has 0 aliphatic heterocycles. The van der Waals surface area contributed by atoms with Gasteiger partial charge in [-0.25, -0.2) is 0 Å². The van der Waals surface area contributed by atoms with Gasteiger partial charge in [-0.1, -0.05) is 60.7 Å². The second-order valence-electron chi connectivity index (χ2n) is 9.37. The lowest BCUT2D eigenvalue weighted by Gasteiger charge is -2.17. The van der Waals surface area contributed by atoms with Crippen LogP contribution in [0, 0.1) is 13.8 Å². The summed E-state index contributed by atoms with van der Waals surface area (Å²) in [5, 5.41) is 32.9. The molecule has 0 unspecified atom stereocenters. The van der Waals surface area contributed by atoms with Crippen molar-refractivity contribution in [3.63, 3.8) is 0 Å². The van der Waals surface area contributed by atoms with Gasteiger partial charge in [0.2, 0.25) is 5.95 Å². The molecule has 0 spiro atoms. The molecule has 7 heteroatoms. The van der Waals surface area contributed by atoms with E-state index in [1.54, 1.807) is 0 Å². The van der Waals surface area contributed by atoms with Crippen LogP contribution >= 0.6 is 0 Å². The van der Waals surface area contributed by atoms with Gasteiger partial charge in [0, 0.05) is 25.8 Å². The summed E-state index contributed by atoms with van der Waals surface area (Å²) in [6.45, 7) is 6.31. The Morgan fingerprint density at radius 1 is 0.711 bits per heavy atom. The molecule has 5 rings (SSSR count). The second kappa shape index (κ2) is 11.6. The molecule has 0 atom stereocenters. The zero-order chi connectivity index (χ0) is 26.5. The normalized spacial score (nSPS) is 11.3. The number of nitrogens with one attached hydrogen (secondary N) is 2. The number of aromatic nitrogens is 3. The quantitative estimate of drug-likeness (QED) is 0.202. The molecular formula is C31H33N5O2. The van der Waals surface area contributed by atoms with Gasteiger partial charge in [-0.3, -0.25) is 4.40 Å². The van der Waals surface area contributed by atoms with Gasteiger partial charge in [0.1, 0.15) is 0 Å². The van der Waals surface area contributed by atoms with Crippen LogP contribution in [0.25, 0.3) is 39.0 Å². The molecule has 2 heterocycles. The predicted octanol–water partition coefficient (Wildman–Crippen LogP) is 4.83. The second-order valence-corrected chi connectivity index (χ2v) is 9.37. The monoisotopic (exact) mass is 507 g/mol. The molecule has 0 bridgehead atoms.